The number of hydrogen-bond acceptors (Lipinski definition) is 4. The number of halogens is 1. The van der Waals surface area contributed by atoms with Crippen LogP contribution in [-0.2, 0) is 6.42 Å². The van der Waals surface area contributed by atoms with E-state index in [9.17, 15) is 0 Å². The molecule has 0 bridgehead atoms. The van der Waals surface area contributed by atoms with E-state index in [4.69, 9.17) is 11.6 Å². The Morgan fingerprint density at radius 3 is 2.89 bits per heavy atom. The number of aryl methyl sites for hydroxylation is 1. The summed E-state index contributed by atoms with van der Waals surface area (Å²) >= 11 is 7.48. The minimum absolute atomic E-state index is 0.258. The summed E-state index contributed by atoms with van der Waals surface area (Å²) in [6.07, 6.45) is 0.902. The van der Waals surface area contributed by atoms with Crippen LogP contribution in [0.15, 0.2) is 24.3 Å². The summed E-state index contributed by atoms with van der Waals surface area (Å²) in [6, 6.07) is 8.24. The topological polar surface area (TPSA) is 37.8 Å². The van der Waals surface area contributed by atoms with Gasteiger partial charge in [0.1, 0.15) is 0 Å². The molecule has 0 aliphatic carbocycles. The number of nitrogens with one attached hydrogen (secondary N) is 1. The fourth-order valence-electron chi connectivity index (χ4n) is 1.96. The second-order valence-electron chi connectivity index (χ2n) is 4.17. The summed E-state index contributed by atoms with van der Waals surface area (Å²) in [7, 11) is 0. The highest BCUT2D eigenvalue weighted by molar-refractivity contribution is 7.05. The van der Waals surface area contributed by atoms with E-state index in [2.05, 4.69) is 27.9 Å². The van der Waals surface area contributed by atoms with Gasteiger partial charge in [-0.15, -0.1) is 5.10 Å². The molecule has 0 aliphatic rings. The number of hydrogen-bond donors (Lipinski definition) is 1. The number of rotatable bonds is 5. The van der Waals surface area contributed by atoms with Crippen molar-refractivity contribution >= 4 is 23.1 Å². The first kappa shape index (κ1) is 13.5. The highest BCUT2D eigenvalue weighted by atomic mass is 35.5. The van der Waals surface area contributed by atoms with E-state index in [0.717, 1.165) is 23.7 Å². The first-order valence-electron chi connectivity index (χ1n) is 5.97. The second kappa shape index (κ2) is 6.27. The Kier molecular flexibility index (Phi) is 4.69. The van der Waals surface area contributed by atoms with Gasteiger partial charge in [-0.1, -0.05) is 35.1 Å². The van der Waals surface area contributed by atoms with Crippen molar-refractivity contribution < 1.29 is 0 Å². The first-order valence-corrected chi connectivity index (χ1v) is 7.12. The molecule has 1 N–H and O–H groups in total. The van der Waals surface area contributed by atoms with E-state index in [0.29, 0.717) is 0 Å². The zero-order valence-corrected chi connectivity index (χ0v) is 12.1. The Morgan fingerprint density at radius 2 is 2.28 bits per heavy atom. The van der Waals surface area contributed by atoms with Gasteiger partial charge in [0, 0.05) is 11.1 Å². The molecule has 2 rings (SSSR count). The Bertz CT molecular complexity index is 512. The predicted molar refractivity (Wildman–Crippen MR) is 76.2 cm³/mol. The van der Waals surface area contributed by atoms with Crippen LogP contribution >= 0.6 is 23.1 Å². The molecule has 1 heterocycles. The fourth-order valence-corrected chi connectivity index (χ4v) is 2.89. The van der Waals surface area contributed by atoms with Gasteiger partial charge >= 0.3 is 0 Å². The lowest BCUT2D eigenvalue weighted by Gasteiger charge is -2.16. The van der Waals surface area contributed by atoms with Crippen LogP contribution in [0.2, 0.25) is 5.02 Å². The van der Waals surface area contributed by atoms with E-state index in [1.807, 2.05) is 25.1 Å². The van der Waals surface area contributed by atoms with Crippen LogP contribution < -0.4 is 5.32 Å². The molecule has 0 saturated carbocycles. The Balaban J connectivity index is 2.19. The molecule has 0 fully saturated rings. The number of nitrogens with zero attached hydrogens (tertiary/aromatic N) is 2. The largest absolute Gasteiger partial charge is 0.309 e. The van der Waals surface area contributed by atoms with E-state index >= 15 is 0 Å². The van der Waals surface area contributed by atoms with Gasteiger partial charge < -0.3 is 5.32 Å². The summed E-state index contributed by atoms with van der Waals surface area (Å²) in [5.74, 6) is 0. The maximum Gasteiger partial charge on any atom is 0.0772 e. The highest BCUT2D eigenvalue weighted by Gasteiger charge is 2.16. The van der Waals surface area contributed by atoms with Crippen molar-refractivity contribution in [1.82, 2.24) is 14.9 Å². The highest BCUT2D eigenvalue weighted by Crippen LogP contribution is 2.24. The van der Waals surface area contributed by atoms with Crippen molar-refractivity contribution in [2.45, 2.75) is 26.3 Å². The third-order valence-electron chi connectivity index (χ3n) is 2.78. The molecule has 18 heavy (non-hydrogen) atoms. The van der Waals surface area contributed by atoms with Crippen molar-refractivity contribution in [2.75, 3.05) is 6.54 Å². The molecule has 0 spiro atoms. The van der Waals surface area contributed by atoms with Crippen LogP contribution in [-0.4, -0.2) is 16.1 Å². The normalized spacial score (nSPS) is 12.6. The lowest BCUT2D eigenvalue weighted by atomic mass is 10.0. The molecule has 1 aromatic carbocycles. The van der Waals surface area contributed by atoms with Crippen molar-refractivity contribution in [1.29, 1.82) is 0 Å². The smallest absolute Gasteiger partial charge is 0.0772 e. The molecule has 1 atom stereocenters. The quantitative estimate of drug-likeness (QED) is 0.913. The predicted octanol–water partition coefficient (Wildman–Crippen LogP) is 3.39. The average molecular weight is 282 g/mol. The van der Waals surface area contributed by atoms with Crippen molar-refractivity contribution in [3.63, 3.8) is 0 Å². The summed E-state index contributed by atoms with van der Waals surface area (Å²) in [5.41, 5.74) is 2.23. The third kappa shape index (κ3) is 3.28. The van der Waals surface area contributed by atoms with Crippen LogP contribution in [0.1, 0.15) is 29.1 Å². The number of benzene rings is 1. The van der Waals surface area contributed by atoms with Crippen molar-refractivity contribution in [3.05, 3.63) is 45.4 Å². The van der Waals surface area contributed by atoms with Gasteiger partial charge in [0.25, 0.3) is 0 Å². The van der Waals surface area contributed by atoms with Crippen LogP contribution in [0.3, 0.4) is 0 Å². The van der Waals surface area contributed by atoms with Gasteiger partial charge in [0.05, 0.1) is 10.6 Å². The maximum atomic E-state index is 6.02. The van der Waals surface area contributed by atoms with Gasteiger partial charge in [0.15, 0.2) is 0 Å². The maximum absolute atomic E-state index is 6.02. The van der Waals surface area contributed by atoms with Crippen molar-refractivity contribution in [2.24, 2.45) is 0 Å². The zero-order valence-electron chi connectivity index (χ0n) is 10.5. The molecule has 0 saturated heterocycles. The van der Waals surface area contributed by atoms with Crippen LogP contribution in [0, 0.1) is 6.92 Å². The summed E-state index contributed by atoms with van der Waals surface area (Å²) in [5, 5.41) is 8.34. The SMILES string of the molecule is CCNC(Cc1cccc(Cl)c1)c1snnc1C. The summed E-state index contributed by atoms with van der Waals surface area (Å²) in [4.78, 5) is 1.21. The number of aromatic nitrogens is 2. The second-order valence-corrected chi connectivity index (χ2v) is 5.39. The van der Waals surface area contributed by atoms with Crippen molar-refractivity contribution in [3.8, 4) is 0 Å². The summed E-state index contributed by atoms with van der Waals surface area (Å²) in [6.45, 7) is 5.03. The van der Waals surface area contributed by atoms with Gasteiger partial charge in [-0.3, -0.25) is 0 Å². The molecule has 0 aliphatic heterocycles. The van der Waals surface area contributed by atoms with Crippen LogP contribution in [0.5, 0.6) is 0 Å². The fraction of sp³-hybridized carbons (Fsp3) is 0.385. The molecule has 2 aromatic rings. The molecule has 5 heteroatoms. The molecule has 1 unspecified atom stereocenters. The van der Waals surface area contributed by atoms with E-state index in [1.165, 1.54) is 22.0 Å². The van der Waals surface area contributed by atoms with Gasteiger partial charge in [-0.05, 0) is 49.1 Å². The molecule has 3 nitrogen and oxygen atoms in total. The van der Waals surface area contributed by atoms with Crippen LogP contribution in [0.4, 0.5) is 0 Å². The number of likely N-dealkylation sites (N-methyl/N-ethyl adjacent to an activating group) is 1. The van der Waals surface area contributed by atoms with Crippen LogP contribution in [0.25, 0.3) is 0 Å². The standard InChI is InChI=1S/C13H16ClN3S/c1-3-15-12(13-9(2)16-17-18-13)8-10-5-4-6-11(14)7-10/h4-7,12,15H,3,8H2,1-2H3. The lowest BCUT2D eigenvalue weighted by Crippen LogP contribution is -2.22. The Labute approximate surface area is 116 Å². The third-order valence-corrected chi connectivity index (χ3v) is 3.96. The van der Waals surface area contributed by atoms with Gasteiger partial charge in [0.2, 0.25) is 0 Å². The average Bonchev–Trinajstić information content (AvgIpc) is 2.75. The molecular formula is C13H16ClN3S. The minimum atomic E-state index is 0.258. The minimum Gasteiger partial charge on any atom is -0.309 e. The lowest BCUT2D eigenvalue weighted by molar-refractivity contribution is 0.555. The molecule has 1 aromatic heterocycles. The molecule has 0 amide bonds. The first-order chi connectivity index (χ1) is 8.70. The molecule has 0 radical (unpaired) electrons. The summed E-state index contributed by atoms with van der Waals surface area (Å²) < 4.78 is 4.01. The Morgan fingerprint density at radius 1 is 1.44 bits per heavy atom. The van der Waals surface area contributed by atoms with E-state index in [-0.39, 0.29) is 6.04 Å². The van der Waals surface area contributed by atoms with E-state index in [1.54, 1.807) is 0 Å². The van der Waals surface area contributed by atoms with Gasteiger partial charge in [-0.25, -0.2) is 0 Å². The van der Waals surface area contributed by atoms with E-state index < -0.39 is 0 Å². The van der Waals surface area contributed by atoms with Gasteiger partial charge in [-0.2, -0.15) is 0 Å². The monoisotopic (exact) mass is 281 g/mol. The molecule has 96 valence electrons. The zero-order chi connectivity index (χ0) is 13.0. The molecular weight excluding hydrogens is 266 g/mol. The Hall–Kier alpha value is -0.970.